The molecule has 126 valence electrons. The Morgan fingerprint density at radius 2 is 1.71 bits per heavy atom. The first-order valence-corrected chi connectivity index (χ1v) is 8.80. The predicted octanol–water partition coefficient (Wildman–Crippen LogP) is 3.07. The topological polar surface area (TPSA) is 40.6 Å². The number of amides is 2. The van der Waals surface area contributed by atoms with Crippen LogP contribution in [0.2, 0.25) is 4.34 Å². The minimum absolute atomic E-state index is 0.0428. The summed E-state index contributed by atoms with van der Waals surface area (Å²) >= 11 is 7.11. The molecule has 1 fully saturated rings. The average molecular weight is 367 g/mol. The second-order valence-corrected chi connectivity index (χ2v) is 7.26. The average Bonchev–Trinajstić information content (AvgIpc) is 3.03. The minimum atomic E-state index is -0.366. The second kappa shape index (κ2) is 7.32. The fraction of sp³-hybridized carbons (Fsp3) is 0.294. The van der Waals surface area contributed by atoms with Gasteiger partial charge in [0.15, 0.2) is 0 Å². The summed E-state index contributed by atoms with van der Waals surface area (Å²) in [6, 6.07) is 9.70. The third-order valence-corrected chi connectivity index (χ3v) is 5.22. The van der Waals surface area contributed by atoms with Crippen LogP contribution in [-0.4, -0.2) is 47.8 Å². The van der Waals surface area contributed by atoms with E-state index in [2.05, 4.69) is 0 Å². The Hall–Kier alpha value is -1.92. The van der Waals surface area contributed by atoms with E-state index < -0.39 is 0 Å². The molecule has 0 saturated carbocycles. The summed E-state index contributed by atoms with van der Waals surface area (Å²) in [6.07, 6.45) is 0.0428. The van der Waals surface area contributed by atoms with Gasteiger partial charge in [-0.25, -0.2) is 4.39 Å². The first-order chi connectivity index (χ1) is 11.5. The van der Waals surface area contributed by atoms with Crippen molar-refractivity contribution in [2.75, 3.05) is 26.2 Å². The number of halogens is 2. The van der Waals surface area contributed by atoms with Gasteiger partial charge in [0.05, 0.1) is 15.6 Å². The van der Waals surface area contributed by atoms with Crippen LogP contribution >= 0.6 is 22.9 Å². The molecule has 1 aromatic carbocycles. The Morgan fingerprint density at radius 3 is 2.33 bits per heavy atom. The molecule has 0 bridgehead atoms. The van der Waals surface area contributed by atoms with Crippen molar-refractivity contribution in [3.05, 3.63) is 57.0 Å². The Bertz CT molecular complexity index is 757. The number of piperazine rings is 1. The quantitative estimate of drug-likeness (QED) is 0.837. The maximum Gasteiger partial charge on any atom is 0.264 e. The summed E-state index contributed by atoms with van der Waals surface area (Å²) in [5, 5.41) is 0. The fourth-order valence-electron chi connectivity index (χ4n) is 2.66. The van der Waals surface area contributed by atoms with Gasteiger partial charge in [0.25, 0.3) is 5.91 Å². The lowest BCUT2D eigenvalue weighted by atomic mass is 10.1. The van der Waals surface area contributed by atoms with Crippen LogP contribution < -0.4 is 0 Å². The van der Waals surface area contributed by atoms with Crippen molar-refractivity contribution in [3.63, 3.8) is 0 Å². The fourth-order valence-corrected chi connectivity index (χ4v) is 3.67. The molecular weight excluding hydrogens is 351 g/mol. The summed E-state index contributed by atoms with van der Waals surface area (Å²) < 4.78 is 14.2. The molecule has 0 atom stereocenters. The molecule has 2 heterocycles. The van der Waals surface area contributed by atoms with Gasteiger partial charge in [0.2, 0.25) is 5.91 Å². The van der Waals surface area contributed by atoms with Crippen molar-refractivity contribution in [3.8, 4) is 0 Å². The van der Waals surface area contributed by atoms with Crippen LogP contribution in [0.25, 0.3) is 0 Å². The minimum Gasteiger partial charge on any atom is -0.339 e. The smallest absolute Gasteiger partial charge is 0.264 e. The van der Waals surface area contributed by atoms with Crippen molar-refractivity contribution < 1.29 is 14.0 Å². The molecule has 0 aliphatic carbocycles. The van der Waals surface area contributed by atoms with Gasteiger partial charge >= 0.3 is 0 Å². The van der Waals surface area contributed by atoms with Crippen molar-refractivity contribution in [2.24, 2.45) is 0 Å². The summed E-state index contributed by atoms with van der Waals surface area (Å²) in [5.74, 6) is -0.547. The molecule has 0 spiro atoms. The Labute approximate surface area is 148 Å². The Kier molecular flexibility index (Phi) is 5.16. The van der Waals surface area contributed by atoms with Gasteiger partial charge in [-0.15, -0.1) is 11.3 Å². The van der Waals surface area contributed by atoms with Crippen molar-refractivity contribution in [1.29, 1.82) is 0 Å². The van der Waals surface area contributed by atoms with E-state index in [0.29, 0.717) is 41.0 Å². The summed E-state index contributed by atoms with van der Waals surface area (Å²) in [7, 11) is 0. The zero-order chi connectivity index (χ0) is 17.1. The van der Waals surface area contributed by atoms with Crippen LogP contribution in [0.3, 0.4) is 0 Å². The highest BCUT2D eigenvalue weighted by atomic mass is 35.5. The van der Waals surface area contributed by atoms with Gasteiger partial charge in [0.1, 0.15) is 5.82 Å². The number of hydrogen-bond acceptors (Lipinski definition) is 3. The maximum absolute atomic E-state index is 13.6. The van der Waals surface area contributed by atoms with Crippen LogP contribution in [0, 0.1) is 5.82 Å². The van der Waals surface area contributed by atoms with Crippen molar-refractivity contribution in [2.45, 2.75) is 6.42 Å². The van der Waals surface area contributed by atoms with Crippen molar-refractivity contribution in [1.82, 2.24) is 9.80 Å². The second-order valence-electron chi connectivity index (χ2n) is 5.54. The van der Waals surface area contributed by atoms with E-state index in [-0.39, 0.29) is 24.1 Å². The molecule has 2 amide bonds. The molecule has 1 aromatic heterocycles. The molecule has 3 rings (SSSR count). The number of thiophene rings is 1. The largest absolute Gasteiger partial charge is 0.339 e. The lowest BCUT2D eigenvalue weighted by Gasteiger charge is -2.34. The van der Waals surface area contributed by atoms with Crippen LogP contribution in [-0.2, 0) is 11.2 Å². The third kappa shape index (κ3) is 3.76. The molecule has 1 saturated heterocycles. The number of carbonyl (C=O) groups excluding carboxylic acids is 2. The monoisotopic (exact) mass is 366 g/mol. The third-order valence-electron chi connectivity index (χ3n) is 4.00. The molecule has 7 heteroatoms. The molecule has 1 aliphatic rings. The first-order valence-electron chi connectivity index (χ1n) is 7.60. The molecule has 4 nitrogen and oxygen atoms in total. The number of carbonyl (C=O) groups is 2. The molecule has 2 aromatic rings. The summed E-state index contributed by atoms with van der Waals surface area (Å²) in [5.41, 5.74) is 0.397. The maximum atomic E-state index is 13.6. The summed E-state index contributed by atoms with van der Waals surface area (Å²) in [6.45, 7) is 1.85. The number of hydrogen-bond donors (Lipinski definition) is 0. The Morgan fingerprint density at radius 1 is 1.04 bits per heavy atom. The SMILES string of the molecule is O=C(Cc1ccccc1F)N1CCN(C(=O)c2ccc(Cl)s2)CC1. The van der Waals surface area contributed by atoms with E-state index in [1.54, 1.807) is 40.1 Å². The van der Waals surface area contributed by atoms with Gasteiger partial charge in [-0.05, 0) is 23.8 Å². The molecule has 0 unspecified atom stereocenters. The van der Waals surface area contributed by atoms with Gasteiger partial charge in [-0.2, -0.15) is 0 Å². The van der Waals surface area contributed by atoms with E-state index in [0.717, 1.165) is 0 Å². The van der Waals surface area contributed by atoms with Crippen LogP contribution in [0.15, 0.2) is 36.4 Å². The molecule has 0 radical (unpaired) electrons. The zero-order valence-corrected chi connectivity index (χ0v) is 14.4. The molecule has 24 heavy (non-hydrogen) atoms. The van der Waals surface area contributed by atoms with Gasteiger partial charge < -0.3 is 9.80 Å². The van der Waals surface area contributed by atoms with Gasteiger partial charge in [0, 0.05) is 26.2 Å². The molecular formula is C17H16ClFN2O2S. The highest BCUT2D eigenvalue weighted by molar-refractivity contribution is 7.17. The number of rotatable bonds is 3. The summed E-state index contributed by atoms with van der Waals surface area (Å²) in [4.78, 5) is 28.7. The van der Waals surface area contributed by atoms with E-state index in [1.165, 1.54) is 17.4 Å². The normalized spacial score (nSPS) is 14.8. The Balaban J connectivity index is 1.56. The first kappa shape index (κ1) is 16.9. The van der Waals surface area contributed by atoms with Crippen LogP contribution in [0.1, 0.15) is 15.2 Å². The van der Waals surface area contributed by atoms with E-state index in [1.807, 2.05) is 0 Å². The standard InChI is InChI=1S/C17H16ClFN2O2S/c18-15-6-5-14(24-15)17(23)21-9-7-20(8-10-21)16(22)11-12-3-1-2-4-13(12)19/h1-6H,7-11H2. The highest BCUT2D eigenvalue weighted by Gasteiger charge is 2.25. The lowest BCUT2D eigenvalue weighted by molar-refractivity contribution is -0.132. The van der Waals surface area contributed by atoms with E-state index in [9.17, 15) is 14.0 Å². The van der Waals surface area contributed by atoms with Gasteiger partial charge in [-0.3, -0.25) is 9.59 Å². The zero-order valence-electron chi connectivity index (χ0n) is 12.9. The lowest BCUT2D eigenvalue weighted by Crippen LogP contribution is -2.50. The van der Waals surface area contributed by atoms with Crippen LogP contribution in [0.5, 0.6) is 0 Å². The van der Waals surface area contributed by atoms with Crippen LogP contribution in [0.4, 0.5) is 4.39 Å². The van der Waals surface area contributed by atoms with Gasteiger partial charge in [-0.1, -0.05) is 29.8 Å². The number of nitrogens with zero attached hydrogens (tertiary/aromatic N) is 2. The highest BCUT2D eigenvalue weighted by Crippen LogP contribution is 2.23. The van der Waals surface area contributed by atoms with E-state index in [4.69, 9.17) is 11.6 Å². The molecule has 1 aliphatic heterocycles. The van der Waals surface area contributed by atoms with E-state index >= 15 is 0 Å². The predicted molar refractivity (Wildman–Crippen MR) is 91.9 cm³/mol. The van der Waals surface area contributed by atoms with Crippen molar-refractivity contribution >= 4 is 34.8 Å². The molecule has 0 N–H and O–H groups in total. The number of benzene rings is 1.